The quantitative estimate of drug-likeness (QED) is 0.352. The first-order chi connectivity index (χ1) is 19.3. The molecule has 0 aliphatic carbocycles. The highest BCUT2D eigenvalue weighted by atomic mass is 19.1. The summed E-state index contributed by atoms with van der Waals surface area (Å²) in [6.45, 7) is 0.592. The van der Waals surface area contributed by atoms with Crippen LogP contribution in [0, 0.1) is 11.6 Å². The predicted octanol–water partition coefficient (Wildman–Crippen LogP) is 2.91. The summed E-state index contributed by atoms with van der Waals surface area (Å²) in [6, 6.07) is 15.3. The van der Waals surface area contributed by atoms with Crippen molar-refractivity contribution in [1.82, 2.24) is 14.5 Å². The Hall–Kier alpha value is -4.64. The molecule has 1 aliphatic rings. The van der Waals surface area contributed by atoms with Crippen molar-refractivity contribution >= 4 is 28.4 Å². The van der Waals surface area contributed by atoms with E-state index in [0.717, 1.165) is 40.2 Å². The molecule has 0 unspecified atom stereocenters. The molecule has 2 N–H and O–H groups in total. The van der Waals surface area contributed by atoms with Crippen LogP contribution in [0.15, 0.2) is 76.3 Å². The Morgan fingerprint density at radius 1 is 0.975 bits per heavy atom. The van der Waals surface area contributed by atoms with Crippen LogP contribution in [-0.4, -0.2) is 40.2 Å². The van der Waals surface area contributed by atoms with Gasteiger partial charge in [-0.25, -0.2) is 18.1 Å². The summed E-state index contributed by atoms with van der Waals surface area (Å²) in [7, 11) is 0. The molecule has 2 amide bonds. The third-order valence-electron chi connectivity index (χ3n) is 6.66. The Balaban J connectivity index is 1.41. The summed E-state index contributed by atoms with van der Waals surface area (Å²) < 4.78 is 35.1. The molecule has 206 valence electrons. The van der Waals surface area contributed by atoms with E-state index in [1.54, 1.807) is 36.4 Å². The Bertz CT molecular complexity index is 1690. The highest BCUT2D eigenvalue weighted by Gasteiger charge is 2.19. The summed E-state index contributed by atoms with van der Waals surface area (Å²) >= 11 is 0. The largest absolute Gasteiger partial charge is 0.376 e. The first-order valence-electron chi connectivity index (χ1n) is 12.8. The second kappa shape index (κ2) is 11.6. The van der Waals surface area contributed by atoms with Gasteiger partial charge in [0.1, 0.15) is 18.2 Å². The van der Waals surface area contributed by atoms with Crippen molar-refractivity contribution in [3.63, 3.8) is 0 Å². The molecule has 9 nitrogen and oxygen atoms in total. The zero-order chi connectivity index (χ0) is 28.2. The van der Waals surface area contributed by atoms with Crippen LogP contribution in [-0.2, 0) is 27.3 Å². The molecule has 1 aliphatic heterocycles. The smallest absolute Gasteiger partial charge is 0.336 e. The summed E-state index contributed by atoms with van der Waals surface area (Å²) in [5, 5.41) is 5.31. The first kappa shape index (κ1) is 26.9. The number of carbonyl (C=O) groups is 2. The molecule has 2 heterocycles. The normalized spacial score (nSPS) is 14.8. The van der Waals surface area contributed by atoms with Crippen molar-refractivity contribution in [2.45, 2.75) is 31.9 Å². The van der Waals surface area contributed by atoms with Crippen molar-refractivity contribution in [2.24, 2.45) is 0 Å². The number of benzene rings is 3. The van der Waals surface area contributed by atoms with E-state index in [2.05, 4.69) is 10.6 Å². The number of para-hydroxylation sites is 1. The molecule has 4 aromatic rings. The van der Waals surface area contributed by atoms with Gasteiger partial charge in [-0.15, -0.1) is 0 Å². The number of hydrogen-bond acceptors (Lipinski definition) is 5. The average molecular weight is 549 g/mol. The van der Waals surface area contributed by atoms with Crippen LogP contribution in [0.4, 0.5) is 14.5 Å². The molecule has 0 spiro atoms. The molecule has 1 fully saturated rings. The molecule has 40 heavy (non-hydrogen) atoms. The molecule has 0 radical (unpaired) electrons. The van der Waals surface area contributed by atoms with Gasteiger partial charge in [0.25, 0.3) is 5.56 Å². The van der Waals surface area contributed by atoms with E-state index in [1.165, 1.54) is 12.1 Å². The van der Waals surface area contributed by atoms with E-state index >= 15 is 0 Å². The van der Waals surface area contributed by atoms with E-state index < -0.39 is 35.3 Å². The van der Waals surface area contributed by atoms with E-state index in [-0.39, 0.29) is 40.7 Å². The Labute approximate surface area is 227 Å². The zero-order valence-electron chi connectivity index (χ0n) is 21.4. The van der Waals surface area contributed by atoms with Gasteiger partial charge in [-0.3, -0.25) is 19.0 Å². The Morgan fingerprint density at radius 3 is 2.50 bits per heavy atom. The SMILES string of the molecule is O=C(Cc1ccc(-n2c(=O)c3ccccc3n(CC(=O)Nc3cc(F)ccc3F)c2=O)cc1)NC[C@H]1CCCO1. The lowest BCUT2D eigenvalue weighted by Crippen LogP contribution is -2.40. The predicted molar refractivity (Wildman–Crippen MR) is 144 cm³/mol. The van der Waals surface area contributed by atoms with Crippen LogP contribution in [0.25, 0.3) is 16.6 Å². The molecule has 1 aromatic heterocycles. The van der Waals surface area contributed by atoms with Crippen LogP contribution < -0.4 is 21.9 Å². The van der Waals surface area contributed by atoms with E-state index in [0.29, 0.717) is 18.7 Å². The fraction of sp³-hybridized carbons (Fsp3) is 0.241. The summed E-state index contributed by atoms with van der Waals surface area (Å²) in [4.78, 5) is 51.9. The van der Waals surface area contributed by atoms with Gasteiger partial charge in [-0.2, -0.15) is 0 Å². The molecular weight excluding hydrogens is 522 g/mol. The third kappa shape index (κ3) is 5.84. The lowest BCUT2D eigenvalue weighted by Gasteiger charge is -2.15. The van der Waals surface area contributed by atoms with E-state index in [9.17, 15) is 28.0 Å². The van der Waals surface area contributed by atoms with Crippen LogP contribution in [0.1, 0.15) is 18.4 Å². The number of hydrogen-bond donors (Lipinski definition) is 2. The van der Waals surface area contributed by atoms with Crippen molar-refractivity contribution in [2.75, 3.05) is 18.5 Å². The van der Waals surface area contributed by atoms with Crippen LogP contribution in [0.5, 0.6) is 0 Å². The molecule has 0 saturated carbocycles. The fourth-order valence-corrected chi connectivity index (χ4v) is 4.67. The maximum absolute atomic E-state index is 14.0. The second-order valence-corrected chi connectivity index (χ2v) is 9.48. The van der Waals surface area contributed by atoms with Gasteiger partial charge in [0.05, 0.1) is 34.8 Å². The highest BCUT2D eigenvalue weighted by molar-refractivity contribution is 5.91. The summed E-state index contributed by atoms with van der Waals surface area (Å²) in [5.74, 6) is -2.53. The third-order valence-corrected chi connectivity index (χ3v) is 6.66. The minimum absolute atomic E-state index is 0.0308. The molecule has 1 atom stereocenters. The zero-order valence-corrected chi connectivity index (χ0v) is 21.4. The van der Waals surface area contributed by atoms with E-state index in [1.807, 2.05) is 0 Å². The molecule has 1 saturated heterocycles. The summed E-state index contributed by atoms with van der Waals surface area (Å²) in [6.07, 6.45) is 2.04. The monoisotopic (exact) mass is 548 g/mol. The first-order valence-corrected chi connectivity index (χ1v) is 12.8. The number of nitrogens with zero attached hydrogens (tertiary/aromatic N) is 2. The van der Waals surface area contributed by atoms with Gasteiger partial charge in [0, 0.05) is 19.2 Å². The number of nitrogens with one attached hydrogen (secondary N) is 2. The lowest BCUT2D eigenvalue weighted by molar-refractivity contribution is -0.121. The standard InChI is InChI=1S/C29H26F2N4O5/c30-19-9-12-23(31)24(15-19)33-27(37)17-34-25-6-2-1-5-22(25)28(38)35(29(34)39)20-10-7-18(8-11-20)14-26(36)32-16-21-4-3-13-40-21/h1-2,5-12,15,21H,3-4,13-14,16-17H2,(H,32,36)(H,33,37)/t21-/m1/s1. The number of rotatable bonds is 8. The van der Waals surface area contributed by atoms with Crippen molar-refractivity contribution in [3.8, 4) is 5.69 Å². The molecule has 11 heteroatoms. The molecule has 5 rings (SSSR count). The number of aromatic nitrogens is 2. The highest BCUT2D eigenvalue weighted by Crippen LogP contribution is 2.16. The second-order valence-electron chi connectivity index (χ2n) is 9.48. The Morgan fingerprint density at radius 2 is 1.75 bits per heavy atom. The van der Waals surface area contributed by atoms with Crippen LogP contribution in [0.3, 0.4) is 0 Å². The maximum Gasteiger partial charge on any atom is 0.336 e. The number of carbonyl (C=O) groups excluding carboxylic acids is 2. The van der Waals surface area contributed by atoms with Gasteiger partial charge in [-0.1, -0.05) is 24.3 Å². The average Bonchev–Trinajstić information content (AvgIpc) is 3.47. The fourth-order valence-electron chi connectivity index (χ4n) is 4.67. The van der Waals surface area contributed by atoms with Gasteiger partial charge in [0.2, 0.25) is 11.8 Å². The van der Waals surface area contributed by atoms with E-state index in [4.69, 9.17) is 4.74 Å². The van der Waals surface area contributed by atoms with Crippen molar-refractivity contribution < 1.29 is 23.1 Å². The van der Waals surface area contributed by atoms with Gasteiger partial charge in [0.15, 0.2) is 0 Å². The van der Waals surface area contributed by atoms with Gasteiger partial charge < -0.3 is 15.4 Å². The van der Waals surface area contributed by atoms with Crippen molar-refractivity contribution in [1.29, 1.82) is 0 Å². The Kier molecular flexibility index (Phi) is 7.83. The number of anilines is 1. The van der Waals surface area contributed by atoms with Crippen LogP contribution in [0.2, 0.25) is 0 Å². The van der Waals surface area contributed by atoms with Crippen molar-refractivity contribution in [3.05, 3.63) is 105 Å². The number of halogens is 2. The minimum atomic E-state index is -0.836. The van der Waals surface area contributed by atoms with Gasteiger partial charge in [-0.05, 0) is 54.8 Å². The number of fused-ring (bicyclic) bond motifs is 1. The molecular formula is C29H26F2N4O5. The molecule has 0 bridgehead atoms. The maximum atomic E-state index is 14.0. The minimum Gasteiger partial charge on any atom is -0.376 e. The van der Waals surface area contributed by atoms with Gasteiger partial charge >= 0.3 is 5.69 Å². The molecule has 3 aromatic carbocycles. The number of amides is 2. The van der Waals surface area contributed by atoms with Crippen LogP contribution >= 0.6 is 0 Å². The lowest BCUT2D eigenvalue weighted by atomic mass is 10.1. The topological polar surface area (TPSA) is 111 Å². The summed E-state index contributed by atoms with van der Waals surface area (Å²) in [5.41, 5.74) is -0.612. The number of ether oxygens (including phenoxy) is 1.